The van der Waals surface area contributed by atoms with Crippen LogP contribution in [0.5, 0.6) is 11.5 Å². The maximum Gasteiger partial charge on any atom is 0.293 e. The summed E-state index contributed by atoms with van der Waals surface area (Å²) in [4.78, 5) is 39.2. The molecule has 190 valence electrons. The molecule has 0 atom stereocenters. The average Bonchev–Trinajstić information content (AvgIpc) is 3.13. The van der Waals surface area contributed by atoms with Crippen molar-refractivity contribution >= 4 is 52.2 Å². The number of nitrogens with zero attached hydrogens (tertiary/aromatic N) is 1. The lowest BCUT2D eigenvalue weighted by Crippen LogP contribution is -2.27. The van der Waals surface area contributed by atoms with Crippen molar-refractivity contribution in [1.82, 2.24) is 4.90 Å². The van der Waals surface area contributed by atoms with Gasteiger partial charge < -0.3 is 14.8 Å². The Morgan fingerprint density at radius 3 is 2.54 bits per heavy atom. The fraction of sp³-hybridized carbons (Fsp3) is 0.179. The fourth-order valence-corrected chi connectivity index (χ4v) is 4.67. The lowest BCUT2D eigenvalue weighted by atomic mass is 10.1. The summed E-state index contributed by atoms with van der Waals surface area (Å²) in [7, 11) is 1.48. The summed E-state index contributed by atoms with van der Waals surface area (Å²) in [6, 6.07) is 17.8. The molecule has 4 rings (SSSR count). The number of hydrogen-bond donors (Lipinski definition) is 1. The van der Waals surface area contributed by atoms with E-state index in [0.29, 0.717) is 38.2 Å². The molecule has 1 N–H and O–H groups in total. The summed E-state index contributed by atoms with van der Waals surface area (Å²) < 4.78 is 11.1. The van der Waals surface area contributed by atoms with E-state index in [-0.39, 0.29) is 24.3 Å². The highest BCUT2D eigenvalue weighted by Gasteiger charge is 2.35. The highest BCUT2D eigenvalue weighted by Crippen LogP contribution is 2.36. The molecule has 0 bridgehead atoms. The summed E-state index contributed by atoms with van der Waals surface area (Å²) >= 11 is 7.06. The van der Waals surface area contributed by atoms with Crippen LogP contribution in [-0.2, 0) is 16.1 Å². The minimum absolute atomic E-state index is 0.0992. The van der Waals surface area contributed by atoms with Gasteiger partial charge in [-0.2, -0.15) is 0 Å². The lowest BCUT2D eigenvalue weighted by Gasteiger charge is -2.13. The van der Waals surface area contributed by atoms with Crippen molar-refractivity contribution in [2.24, 2.45) is 0 Å². The Morgan fingerprint density at radius 2 is 1.81 bits per heavy atom. The number of imide groups is 1. The summed E-state index contributed by atoms with van der Waals surface area (Å²) in [5, 5.41) is 2.94. The Morgan fingerprint density at radius 1 is 1.03 bits per heavy atom. The van der Waals surface area contributed by atoms with Crippen LogP contribution in [0.4, 0.5) is 10.5 Å². The largest absolute Gasteiger partial charge is 0.493 e. The van der Waals surface area contributed by atoms with Gasteiger partial charge in [0, 0.05) is 10.7 Å². The van der Waals surface area contributed by atoms with E-state index in [1.165, 1.54) is 12.0 Å². The molecule has 1 aliphatic rings. The van der Waals surface area contributed by atoms with Gasteiger partial charge in [-0.25, -0.2) is 0 Å². The zero-order valence-corrected chi connectivity index (χ0v) is 22.1. The molecule has 37 heavy (non-hydrogen) atoms. The predicted molar refractivity (Wildman–Crippen MR) is 146 cm³/mol. The molecular formula is C28H25ClN2O5S. The number of halogens is 1. The normalized spacial score (nSPS) is 14.3. The summed E-state index contributed by atoms with van der Waals surface area (Å²) in [5.74, 6) is 0.0727. The number of ether oxygens (including phenoxy) is 2. The third kappa shape index (κ3) is 6.34. The SMILES string of the molecule is COc1cc(/C=C2/SC(=O)N(Cc3ccccc3Cl)C2=O)ccc1OCC(=O)Nc1ccc(C)c(C)c1. The highest BCUT2D eigenvalue weighted by atomic mass is 35.5. The van der Waals surface area contributed by atoms with Gasteiger partial charge in [-0.05, 0) is 84.3 Å². The number of anilines is 1. The van der Waals surface area contributed by atoms with Crippen LogP contribution in [0.2, 0.25) is 5.02 Å². The molecule has 3 aromatic rings. The molecular weight excluding hydrogens is 512 g/mol. The minimum atomic E-state index is -0.391. The van der Waals surface area contributed by atoms with Crippen molar-refractivity contribution in [1.29, 1.82) is 0 Å². The van der Waals surface area contributed by atoms with E-state index in [1.54, 1.807) is 48.5 Å². The van der Waals surface area contributed by atoms with E-state index < -0.39 is 5.91 Å². The summed E-state index contributed by atoms with van der Waals surface area (Å²) in [6.07, 6.45) is 1.62. The first-order valence-electron chi connectivity index (χ1n) is 11.4. The Hall–Kier alpha value is -3.75. The first-order chi connectivity index (χ1) is 17.7. The second kappa shape index (κ2) is 11.5. The van der Waals surface area contributed by atoms with Crippen LogP contribution in [-0.4, -0.2) is 35.7 Å². The molecule has 1 heterocycles. The van der Waals surface area contributed by atoms with Gasteiger partial charge >= 0.3 is 0 Å². The van der Waals surface area contributed by atoms with Crippen LogP contribution in [0.25, 0.3) is 6.08 Å². The second-order valence-corrected chi connectivity index (χ2v) is 9.81. The molecule has 0 unspecified atom stereocenters. The zero-order chi connectivity index (χ0) is 26.5. The molecule has 0 radical (unpaired) electrons. The number of methoxy groups -OCH3 is 1. The number of nitrogens with one attached hydrogen (secondary N) is 1. The standard InChI is InChI=1S/C28H25ClN2O5S/c1-17-8-10-21(12-18(17)2)30-26(32)16-36-23-11-9-19(13-24(23)35-3)14-25-27(33)31(28(34)37-25)15-20-6-4-5-7-22(20)29/h4-14H,15-16H2,1-3H3,(H,30,32)/b25-14+. The van der Waals surface area contributed by atoms with Crippen molar-refractivity contribution < 1.29 is 23.9 Å². The first kappa shape index (κ1) is 26.3. The third-order valence-electron chi connectivity index (χ3n) is 5.79. The molecule has 0 saturated carbocycles. The van der Waals surface area contributed by atoms with Gasteiger partial charge in [-0.3, -0.25) is 19.3 Å². The maximum atomic E-state index is 12.9. The van der Waals surface area contributed by atoms with E-state index in [0.717, 1.165) is 22.9 Å². The lowest BCUT2D eigenvalue weighted by molar-refractivity contribution is -0.123. The average molecular weight is 537 g/mol. The van der Waals surface area contributed by atoms with Crippen LogP contribution in [0, 0.1) is 13.8 Å². The van der Waals surface area contributed by atoms with Crippen LogP contribution in [0.1, 0.15) is 22.3 Å². The van der Waals surface area contributed by atoms with Gasteiger partial charge in [0.1, 0.15) is 0 Å². The van der Waals surface area contributed by atoms with Gasteiger partial charge in [0.2, 0.25) is 0 Å². The number of carbonyl (C=O) groups excluding carboxylic acids is 3. The topological polar surface area (TPSA) is 84.9 Å². The summed E-state index contributed by atoms with van der Waals surface area (Å²) in [6.45, 7) is 3.88. The van der Waals surface area contributed by atoms with E-state index >= 15 is 0 Å². The van der Waals surface area contributed by atoms with Gasteiger partial charge in [0.25, 0.3) is 17.1 Å². The molecule has 0 aliphatic carbocycles. The molecule has 0 spiro atoms. The zero-order valence-electron chi connectivity index (χ0n) is 20.5. The molecule has 0 aromatic heterocycles. The number of amides is 3. The van der Waals surface area contributed by atoms with Gasteiger partial charge in [0.15, 0.2) is 18.1 Å². The molecule has 1 saturated heterocycles. The van der Waals surface area contributed by atoms with Crippen molar-refractivity contribution in [2.75, 3.05) is 19.0 Å². The first-order valence-corrected chi connectivity index (χ1v) is 12.6. The van der Waals surface area contributed by atoms with Crippen molar-refractivity contribution in [3.8, 4) is 11.5 Å². The van der Waals surface area contributed by atoms with E-state index in [1.807, 2.05) is 32.0 Å². The highest BCUT2D eigenvalue weighted by molar-refractivity contribution is 8.18. The van der Waals surface area contributed by atoms with Crippen LogP contribution in [0.3, 0.4) is 0 Å². The minimum Gasteiger partial charge on any atom is -0.493 e. The number of carbonyl (C=O) groups is 3. The van der Waals surface area contributed by atoms with E-state index in [9.17, 15) is 14.4 Å². The van der Waals surface area contributed by atoms with Crippen LogP contribution in [0.15, 0.2) is 65.6 Å². The molecule has 1 aliphatic heterocycles. The Balaban J connectivity index is 1.42. The quantitative estimate of drug-likeness (QED) is 0.344. The summed E-state index contributed by atoms with van der Waals surface area (Å²) in [5.41, 5.74) is 4.26. The molecule has 9 heteroatoms. The smallest absolute Gasteiger partial charge is 0.293 e. The fourth-order valence-electron chi connectivity index (χ4n) is 3.64. The van der Waals surface area contributed by atoms with Gasteiger partial charge in [0.05, 0.1) is 18.6 Å². The monoisotopic (exact) mass is 536 g/mol. The predicted octanol–water partition coefficient (Wildman–Crippen LogP) is 6.22. The number of rotatable bonds is 8. The van der Waals surface area contributed by atoms with Crippen molar-refractivity contribution in [3.05, 3.63) is 92.8 Å². The molecule has 3 amide bonds. The van der Waals surface area contributed by atoms with E-state index in [2.05, 4.69) is 5.32 Å². The Kier molecular flexibility index (Phi) is 8.21. The van der Waals surface area contributed by atoms with Crippen LogP contribution < -0.4 is 14.8 Å². The van der Waals surface area contributed by atoms with Crippen molar-refractivity contribution in [3.63, 3.8) is 0 Å². The third-order valence-corrected chi connectivity index (χ3v) is 7.07. The number of aryl methyl sites for hydroxylation is 2. The Bertz CT molecular complexity index is 1410. The van der Waals surface area contributed by atoms with Gasteiger partial charge in [-0.1, -0.05) is 41.9 Å². The molecule has 1 fully saturated rings. The van der Waals surface area contributed by atoms with Gasteiger partial charge in [-0.15, -0.1) is 0 Å². The number of benzene rings is 3. The second-order valence-electron chi connectivity index (χ2n) is 8.41. The molecule has 7 nitrogen and oxygen atoms in total. The molecule has 3 aromatic carbocycles. The van der Waals surface area contributed by atoms with Crippen LogP contribution >= 0.6 is 23.4 Å². The Labute approximate surface area is 224 Å². The van der Waals surface area contributed by atoms with E-state index in [4.69, 9.17) is 21.1 Å². The number of hydrogen-bond acceptors (Lipinski definition) is 6. The van der Waals surface area contributed by atoms with Crippen molar-refractivity contribution in [2.45, 2.75) is 20.4 Å². The maximum absolute atomic E-state index is 12.9. The number of thioether (sulfide) groups is 1.